The van der Waals surface area contributed by atoms with Crippen LogP contribution in [0.25, 0.3) is 0 Å². The van der Waals surface area contributed by atoms with Crippen molar-refractivity contribution in [3.05, 3.63) is 41.7 Å². The monoisotopic (exact) mass is 222 g/mol. The summed E-state index contributed by atoms with van der Waals surface area (Å²) in [5.74, 6) is -0.211. The quantitative estimate of drug-likeness (QED) is 0.614. The molecule has 86 valence electrons. The van der Waals surface area contributed by atoms with Crippen molar-refractivity contribution in [2.45, 2.75) is 13.8 Å². The molecule has 0 aliphatic heterocycles. The maximum absolute atomic E-state index is 10.9. The molecule has 1 aromatic rings. The third-order valence-electron chi connectivity index (χ3n) is 1.89. The van der Waals surface area contributed by atoms with E-state index in [-0.39, 0.29) is 12.4 Å². The van der Waals surface area contributed by atoms with E-state index in [0.29, 0.717) is 11.5 Å². The first kappa shape index (κ1) is 12.1. The summed E-state index contributed by atoms with van der Waals surface area (Å²) in [5, 5.41) is 8.96. The van der Waals surface area contributed by atoms with Crippen LogP contribution in [-0.2, 0) is 4.74 Å². The summed E-state index contributed by atoms with van der Waals surface area (Å²) >= 11 is 0. The molecule has 0 aliphatic carbocycles. The third-order valence-corrected chi connectivity index (χ3v) is 1.89. The summed E-state index contributed by atoms with van der Waals surface area (Å²) in [6.07, 6.45) is 0. The first-order valence-electron chi connectivity index (χ1n) is 4.75. The number of carboxylic acids is 1. The number of benzene rings is 1. The molecule has 0 bridgehead atoms. The van der Waals surface area contributed by atoms with Crippen LogP contribution >= 0.6 is 0 Å². The lowest BCUT2D eigenvalue weighted by molar-refractivity contribution is 0.0577. The molecule has 4 nitrogen and oxygen atoms in total. The summed E-state index contributed by atoms with van der Waals surface area (Å²) in [4.78, 5) is 10.9. The average molecular weight is 222 g/mol. The highest BCUT2D eigenvalue weighted by Gasteiger charge is 2.11. The zero-order chi connectivity index (χ0) is 12.1. The van der Waals surface area contributed by atoms with Crippen LogP contribution in [-0.4, -0.2) is 17.9 Å². The molecule has 0 aromatic heterocycles. The van der Waals surface area contributed by atoms with Gasteiger partial charge in [-0.1, -0.05) is 18.2 Å². The van der Waals surface area contributed by atoms with Crippen LogP contribution in [0.5, 0.6) is 5.75 Å². The SMILES string of the molecule is C=C(C)OCOc1ccc(C)cc1C(=O)O. The van der Waals surface area contributed by atoms with Crippen molar-refractivity contribution in [1.82, 2.24) is 0 Å². The second kappa shape index (κ2) is 5.21. The Hall–Kier alpha value is -1.97. The number of hydrogen-bond acceptors (Lipinski definition) is 3. The zero-order valence-electron chi connectivity index (χ0n) is 9.32. The number of carboxylic acid groups (broad SMARTS) is 1. The third kappa shape index (κ3) is 3.31. The van der Waals surface area contributed by atoms with Crippen molar-refractivity contribution in [1.29, 1.82) is 0 Å². The summed E-state index contributed by atoms with van der Waals surface area (Å²) < 4.78 is 10.2. The van der Waals surface area contributed by atoms with E-state index in [1.54, 1.807) is 25.1 Å². The molecule has 1 aromatic carbocycles. The fraction of sp³-hybridized carbons (Fsp3) is 0.250. The van der Waals surface area contributed by atoms with Crippen molar-refractivity contribution in [2.75, 3.05) is 6.79 Å². The first-order chi connectivity index (χ1) is 7.50. The van der Waals surface area contributed by atoms with E-state index in [2.05, 4.69) is 6.58 Å². The minimum Gasteiger partial charge on any atom is -0.478 e. The van der Waals surface area contributed by atoms with Crippen LogP contribution in [0.3, 0.4) is 0 Å². The van der Waals surface area contributed by atoms with Gasteiger partial charge in [-0.15, -0.1) is 0 Å². The molecule has 0 radical (unpaired) electrons. The van der Waals surface area contributed by atoms with Crippen molar-refractivity contribution in [3.63, 3.8) is 0 Å². The fourth-order valence-corrected chi connectivity index (χ4v) is 1.13. The highest BCUT2D eigenvalue weighted by atomic mass is 16.7. The molecule has 0 aliphatic rings. The van der Waals surface area contributed by atoms with E-state index in [4.69, 9.17) is 14.6 Å². The molecule has 16 heavy (non-hydrogen) atoms. The molecule has 0 heterocycles. The minimum atomic E-state index is -1.02. The summed E-state index contributed by atoms with van der Waals surface area (Å²) in [5.41, 5.74) is 0.996. The number of allylic oxidation sites excluding steroid dienone is 1. The highest BCUT2D eigenvalue weighted by molar-refractivity contribution is 5.91. The van der Waals surface area contributed by atoms with Gasteiger partial charge in [0.2, 0.25) is 6.79 Å². The molecule has 1 rings (SSSR count). The Morgan fingerprint density at radius 3 is 2.75 bits per heavy atom. The second-order valence-electron chi connectivity index (χ2n) is 3.41. The summed E-state index contributed by atoms with van der Waals surface area (Å²) in [6.45, 7) is 7.01. The number of aromatic carboxylic acids is 1. The number of rotatable bonds is 5. The normalized spacial score (nSPS) is 9.62. The van der Waals surface area contributed by atoms with E-state index < -0.39 is 5.97 Å². The van der Waals surface area contributed by atoms with Gasteiger partial charge in [-0.2, -0.15) is 0 Å². The van der Waals surface area contributed by atoms with Gasteiger partial charge in [0.1, 0.15) is 11.3 Å². The molecular weight excluding hydrogens is 208 g/mol. The van der Waals surface area contributed by atoms with E-state index in [1.807, 2.05) is 6.92 Å². The Morgan fingerprint density at radius 2 is 2.19 bits per heavy atom. The molecule has 0 saturated carbocycles. The van der Waals surface area contributed by atoms with Gasteiger partial charge in [0.05, 0.1) is 5.76 Å². The Kier molecular flexibility index (Phi) is 3.94. The fourth-order valence-electron chi connectivity index (χ4n) is 1.13. The van der Waals surface area contributed by atoms with Crippen LogP contribution in [0.2, 0.25) is 0 Å². The number of hydrogen-bond donors (Lipinski definition) is 1. The minimum absolute atomic E-state index is 0.0430. The molecule has 0 fully saturated rings. The maximum atomic E-state index is 10.9. The zero-order valence-corrected chi connectivity index (χ0v) is 9.32. The molecule has 0 saturated heterocycles. The van der Waals surface area contributed by atoms with E-state index in [0.717, 1.165) is 5.56 Å². The van der Waals surface area contributed by atoms with Crippen molar-refractivity contribution >= 4 is 5.97 Å². The molecule has 0 amide bonds. The second-order valence-corrected chi connectivity index (χ2v) is 3.41. The van der Waals surface area contributed by atoms with Gasteiger partial charge in [0, 0.05) is 0 Å². The summed E-state index contributed by atoms with van der Waals surface area (Å²) in [6, 6.07) is 4.95. The smallest absolute Gasteiger partial charge is 0.339 e. The van der Waals surface area contributed by atoms with Crippen LogP contribution in [0.4, 0.5) is 0 Å². The Balaban J connectivity index is 2.78. The van der Waals surface area contributed by atoms with Crippen LogP contribution < -0.4 is 4.74 Å². The van der Waals surface area contributed by atoms with Crippen molar-refractivity contribution < 1.29 is 19.4 Å². The van der Waals surface area contributed by atoms with E-state index in [9.17, 15) is 4.79 Å². The van der Waals surface area contributed by atoms with Gasteiger partial charge in [0.15, 0.2) is 0 Å². The van der Waals surface area contributed by atoms with Gasteiger partial charge in [0.25, 0.3) is 0 Å². The standard InChI is InChI=1S/C12H14O4/c1-8(2)15-7-16-11-5-4-9(3)6-10(11)12(13)14/h4-6H,1,7H2,2-3H3,(H,13,14). The molecule has 4 heteroatoms. The van der Waals surface area contributed by atoms with Gasteiger partial charge in [-0.3, -0.25) is 0 Å². The van der Waals surface area contributed by atoms with Crippen LogP contribution in [0, 0.1) is 6.92 Å². The number of carbonyl (C=O) groups is 1. The van der Waals surface area contributed by atoms with Gasteiger partial charge >= 0.3 is 5.97 Å². The lowest BCUT2D eigenvalue weighted by Crippen LogP contribution is -2.06. The maximum Gasteiger partial charge on any atom is 0.339 e. The van der Waals surface area contributed by atoms with Crippen molar-refractivity contribution in [2.24, 2.45) is 0 Å². The van der Waals surface area contributed by atoms with Gasteiger partial charge < -0.3 is 14.6 Å². The molecular formula is C12H14O4. The van der Waals surface area contributed by atoms with Crippen molar-refractivity contribution in [3.8, 4) is 5.75 Å². The molecule has 0 spiro atoms. The van der Waals surface area contributed by atoms with Crippen LogP contribution in [0.1, 0.15) is 22.8 Å². The lowest BCUT2D eigenvalue weighted by Gasteiger charge is -2.10. The number of aryl methyl sites for hydroxylation is 1. The topological polar surface area (TPSA) is 55.8 Å². The average Bonchev–Trinajstić information content (AvgIpc) is 2.19. The van der Waals surface area contributed by atoms with Gasteiger partial charge in [-0.25, -0.2) is 4.79 Å². The molecule has 0 unspecified atom stereocenters. The largest absolute Gasteiger partial charge is 0.478 e. The number of ether oxygens (including phenoxy) is 2. The Labute approximate surface area is 94.1 Å². The highest BCUT2D eigenvalue weighted by Crippen LogP contribution is 2.20. The molecule has 0 atom stereocenters. The van der Waals surface area contributed by atoms with Gasteiger partial charge in [-0.05, 0) is 26.0 Å². The molecule has 1 N–H and O–H groups in total. The Morgan fingerprint density at radius 1 is 1.50 bits per heavy atom. The Bertz CT molecular complexity index is 409. The van der Waals surface area contributed by atoms with E-state index >= 15 is 0 Å². The predicted molar refractivity (Wildman–Crippen MR) is 59.5 cm³/mol. The first-order valence-corrected chi connectivity index (χ1v) is 4.75. The predicted octanol–water partition coefficient (Wildman–Crippen LogP) is 2.58. The summed E-state index contributed by atoms with van der Waals surface area (Å²) in [7, 11) is 0. The lowest BCUT2D eigenvalue weighted by atomic mass is 10.1. The van der Waals surface area contributed by atoms with E-state index in [1.165, 1.54) is 0 Å². The van der Waals surface area contributed by atoms with Crippen LogP contribution in [0.15, 0.2) is 30.5 Å².